The maximum absolute atomic E-state index is 14.2. The van der Waals surface area contributed by atoms with Gasteiger partial charge in [0.15, 0.2) is 11.6 Å². The highest BCUT2D eigenvalue weighted by atomic mass is 35.5. The van der Waals surface area contributed by atoms with Crippen LogP contribution < -0.4 is 16.4 Å². The molecule has 4 aromatic carbocycles. The largest absolute Gasteiger partial charge is 0.481 e. The number of hydrogen-bond donors (Lipinski definition) is 4. The molecule has 2 heterocycles. The van der Waals surface area contributed by atoms with Crippen LogP contribution in [0.1, 0.15) is 116 Å². The average Bonchev–Trinajstić information content (AvgIpc) is 4.19. The first-order chi connectivity index (χ1) is 37.7. The number of carboxylic acids is 1. The van der Waals surface area contributed by atoms with Gasteiger partial charge in [0.1, 0.15) is 36.2 Å². The molecule has 4 aliphatic carbocycles. The molecule has 0 radical (unpaired) electrons. The summed E-state index contributed by atoms with van der Waals surface area (Å²) < 4.78 is 31.4. The number of benzene rings is 4. The Morgan fingerprint density at radius 2 is 1.20 bits per heavy atom. The minimum Gasteiger partial charge on any atom is -0.481 e. The van der Waals surface area contributed by atoms with Gasteiger partial charge in [0.05, 0.1) is 28.7 Å². The number of amides is 4. The highest BCUT2D eigenvalue weighted by molar-refractivity contribution is 6.31. The first-order valence-electron chi connectivity index (χ1n) is 26.3. The molecule has 0 saturated heterocycles. The number of nitrogens with one attached hydrogen (secondary N) is 2. The summed E-state index contributed by atoms with van der Waals surface area (Å²) in [4.78, 5) is 101. The number of anilines is 1. The van der Waals surface area contributed by atoms with Gasteiger partial charge in [-0.3, -0.25) is 43.0 Å². The molecule has 0 unspecified atom stereocenters. The number of carbonyl (C=O) groups is 8. The summed E-state index contributed by atoms with van der Waals surface area (Å²) in [6.45, 7) is 2.36. The van der Waals surface area contributed by atoms with Crippen molar-refractivity contribution in [3.63, 3.8) is 0 Å². The zero-order chi connectivity index (χ0) is 56.7. The van der Waals surface area contributed by atoms with E-state index in [-0.39, 0.29) is 113 Å². The molecule has 4 amide bonds. The van der Waals surface area contributed by atoms with Crippen LogP contribution in [0, 0.1) is 23.5 Å². The van der Waals surface area contributed by atoms with Crippen LogP contribution in [0.25, 0.3) is 21.8 Å². The molecule has 5 N–H and O–H groups in total. The molecule has 79 heavy (non-hydrogen) atoms. The van der Waals surface area contributed by atoms with Crippen molar-refractivity contribution in [1.29, 1.82) is 0 Å². The number of carbonyl (C=O) groups excluding carboxylic acids is 7. The van der Waals surface area contributed by atoms with Gasteiger partial charge in [0, 0.05) is 96.2 Å². The van der Waals surface area contributed by atoms with E-state index in [9.17, 15) is 47.1 Å². The molecule has 10 rings (SSSR count). The highest BCUT2D eigenvalue weighted by Crippen LogP contribution is 2.34. The predicted molar refractivity (Wildman–Crippen MR) is 293 cm³/mol. The van der Waals surface area contributed by atoms with Gasteiger partial charge in [0.25, 0.3) is 0 Å². The second kappa shape index (κ2) is 25.5. The fourth-order valence-electron chi connectivity index (χ4n) is 9.20. The predicted octanol–water partition coefficient (Wildman–Crippen LogP) is 8.65. The van der Waals surface area contributed by atoms with Crippen LogP contribution in [-0.4, -0.2) is 101 Å². The highest BCUT2D eigenvalue weighted by Gasteiger charge is 2.36. The number of aromatic nitrogens is 3. The van der Waals surface area contributed by atoms with E-state index in [0.717, 1.165) is 62.4 Å². The Labute approximate surface area is 464 Å². The van der Waals surface area contributed by atoms with Gasteiger partial charge in [-0.2, -0.15) is 5.10 Å². The van der Waals surface area contributed by atoms with E-state index in [2.05, 4.69) is 15.7 Å². The Balaban J connectivity index is 0.000000187. The van der Waals surface area contributed by atoms with Gasteiger partial charge in [-0.25, -0.2) is 8.78 Å². The summed E-state index contributed by atoms with van der Waals surface area (Å²) in [5.74, 6) is -2.28. The van der Waals surface area contributed by atoms with Crippen LogP contribution in [0.15, 0.2) is 79.0 Å². The summed E-state index contributed by atoms with van der Waals surface area (Å²) in [6, 6.07) is 19.7. The summed E-state index contributed by atoms with van der Waals surface area (Å²) in [5.41, 5.74) is 9.82. The third kappa shape index (κ3) is 15.8. The second-order valence-electron chi connectivity index (χ2n) is 20.8. The minimum atomic E-state index is -0.650. The number of fused-ring (bicyclic) bond motifs is 2. The number of nitrogens with two attached hydrogens (primary N) is 1. The van der Waals surface area contributed by atoms with Crippen molar-refractivity contribution < 1.29 is 52.2 Å². The van der Waals surface area contributed by atoms with Crippen molar-refractivity contribution in [1.82, 2.24) is 34.8 Å². The van der Waals surface area contributed by atoms with Crippen LogP contribution >= 0.6 is 23.2 Å². The fourth-order valence-corrected chi connectivity index (χ4v) is 9.59. The molecule has 0 atom stereocenters. The SMILES string of the molecule is CC(=O)c1cn(CC(=O)N(CC(=O)NCc2cccc(Cl)c2F)C2CC2)c2ccc(N)cc12.CC(=O)c1nn(CC(=O)N(CC(=O)NCc2cccc(Cl)c2F)C2CC2)c2ccc(CC(=O)CC3CC3)cc12.O=C(O)CC1CC1. The van der Waals surface area contributed by atoms with Crippen molar-refractivity contribution >= 4 is 97.6 Å². The average molecular weight is 1120 g/mol. The van der Waals surface area contributed by atoms with Crippen LogP contribution in [-0.2, 0) is 61.4 Å². The van der Waals surface area contributed by atoms with Crippen molar-refractivity contribution in [3.05, 3.63) is 129 Å². The summed E-state index contributed by atoms with van der Waals surface area (Å²) in [6.07, 6.45) is 10.6. The zero-order valence-electron chi connectivity index (χ0n) is 43.9. The third-order valence-electron chi connectivity index (χ3n) is 14.1. The lowest BCUT2D eigenvalue weighted by Gasteiger charge is -2.22. The second-order valence-corrected chi connectivity index (χ2v) is 21.6. The minimum absolute atomic E-state index is 0.00379. The molecular weight excluding hydrogens is 1060 g/mol. The molecule has 4 fully saturated rings. The standard InChI is InChI=1S/C29H30ClFN4O4.C24H24ClFN4O3.C5H8O2/c1-17(36)29-23-13-19(12-22(37)11-18-5-6-18)7-10-25(23)35(33-29)16-27(39)34(21-8-9-21)15-26(38)32-14-20-3-2-4-24(30)28(20)31;1-14(31)19-11-29(21-8-5-16(27)9-18(19)21)13-23(33)30(17-6-7-17)12-22(32)28-10-15-3-2-4-20(25)24(15)26;6-5(7)3-4-1-2-4/h2-4,7,10,13,18,21H,5-6,8-9,11-12,14-16H2,1H3,(H,32,38);2-5,8-9,11,17H,6-7,10,12-13,27H2,1H3,(H,28,32);4H,1-3H2,(H,6,7). The fraction of sp³-hybridized carbons (Fsp3) is 0.397. The van der Waals surface area contributed by atoms with E-state index >= 15 is 0 Å². The van der Waals surface area contributed by atoms with Gasteiger partial charge in [-0.15, -0.1) is 0 Å². The van der Waals surface area contributed by atoms with Gasteiger partial charge in [-0.1, -0.05) is 53.5 Å². The van der Waals surface area contributed by atoms with E-state index in [1.807, 2.05) is 12.1 Å². The number of ketones is 3. The lowest BCUT2D eigenvalue weighted by molar-refractivity contribution is -0.137. The summed E-state index contributed by atoms with van der Waals surface area (Å²) >= 11 is 11.6. The Kier molecular flexibility index (Phi) is 18.6. The lowest BCUT2D eigenvalue weighted by atomic mass is 10.0. The number of halogens is 4. The summed E-state index contributed by atoms with van der Waals surface area (Å²) in [7, 11) is 0. The van der Waals surface area contributed by atoms with E-state index in [0.29, 0.717) is 58.6 Å². The van der Waals surface area contributed by atoms with E-state index in [1.165, 1.54) is 41.6 Å². The molecule has 21 heteroatoms. The number of carboxylic acid groups (broad SMARTS) is 1. The Hall–Kier alpha value is -7.51. The Bertz CT molecular complexity index is 3350. The molecule has 416 valence electrons. The van der Waals surface area contributed by atoms with Crippen LogP contribution in [0.5, 0.6) is 0 Å². The molecule has 4 aliphatic rings. The third-order valence-corrected chi connectivity index (χ3v) is 14.6. The van der Waals surface area contributed by atoms with E-state index in [1.54, 1.807) is 58.1 Å². The first-order valence-corrected chi connectivity index (χ1v) is 27.1. The topological polar surface area (TPSA) is 236 Å². The number of nitrogen functional groups attached to an aromatic ring is 1. The zero-order valence-corrected chi connectivity index (χ0v) is 45.4. The van der Waals surface area contributed by atoms with Crippen molar-refractivity contribution in [2.24, 2.45) is 11.8 Å². The molecule has 0 spiro atoms. The van der Waals surface area contributed by atoms with Crippen LogP contribution in [0.2, 0.25) is 10.0 Å². The number of hydrogen-bond acceptors (Lipinski definition) is 10. The van der Waals surface area contributed by atoms with Crippen LogP contribution in [0.3, 0.4) is 0 Å². The molecule has 2 aromatic heterocycles. The van der Waals surface area contributed by atoms with Crippen molar-refractivity contribution in [2.75, 3.05) is 18.8 Å². The van der Waals surface area contributed by atoms with Crippen molar-refractivity contribution in [2.45, 2.75) is 123 Å². The molecule has 4 saturated carbocycles. The molecule has 0 bridgehead atoms. The number of nitrogens with zero attached hydrogens (tertiary/aromatic N) is 5. The van der Waals surface area contributed by atoms with Gasteiger partial charge < -0.3 is 35.8 Å². The molecule has 6 aromatic rings. The van der Waals surface area contributed by atoms with Gasteiger partial charge in [0.2, 0.25) is 23.6 Å². The molecular formula is C58H62Cl2F2N8O9. The quantitative estimate of drug-likeness (QED) is 0.0371. The smallest absolute Gasteiger partial charge is 0.303 e. The van der Waals surface area contributed by atoms with Gasteiger partial charge in [-0.05, 0) is 118 Å². The monoisotopic (exact) mass is 1120 g/mol. The summed E-state index contributed by atoms with van der Waals surface area (Å²) in [5, 5.41) is 19.1. The Morgan fingerprint density at radius 1 is 0.671 bits per heavy atom. The van der Waals surface area contributed by atoms with Crippen molar-refractivity contribution in [3.8, 4) is 0 Å². The lowest BCUT2D eigenvalue weighted by Crippen LogP contribution is -2.43. The maximum atomic E-state index is 14.2. The normalized spacial score (nSPS) is 14.6. The number of rotatable bonds is 22. The van der Waals surface area contributed by atoms with E-state index in [4.69, 9.17) is 34.0 Å². The molecule has 0 aliphatic heterocycles. The first kappa shape index (κ1) is 57.7. The van der Waals surface area contributed by atoms with E-state index < -0.39 is 23.5 Å². The number of aliphatic carboxylic acids is 1. The Morgan fingerprint density at radius 3 is 1.70 bits per heavy atom. The maximum Gasteiger partial charge on any atom is 0.303 e. The van der Waals surface area contributed by atoms with Gasteiger partial charge >= 0.3 is 5.97 Å². The number of Topliss-reactive ketones (excluding diaryl/α,β-unsaturated/α-hetero) is 3. The van der Waals surface area contributed by atoms with Crippen LogP contribution in [0.4, 0.5) is 14.5 Å². The molecule has 17 nitrogen and oxygen atoms in total.